The number of rotatable bonds is 0. The molecule has 1 heterocycles. The van der Waals surface area contributed by atoms with Crippen molar-refractivity contribution in [1.82, 2.24) is 4.72 Å². The molecule has 1 rings (SSSR count). The van der Waals surface area contributed by atoms with E-state index in [2.05, 4.69) is 4.72 Å². The Labute approximate surface area is 40.2 Å². The SMILES string of the molecule is [O-][S+]1C[CH]CN1. The summed E-state index contributed by atoms with van der Waals surface area (Å²) in [6.45, 7) is 0.812. The minimum atomic E-state index is -0.728. The molecule has 35 valence electrons. The molecule has 1 aliphatic rings. The standard InChI is InChI=1S/C3H6NOS/c5-6-3-1-2-4-6/h1,4H,2-3H2. The van der Waals surface area contributed by atoms with E-state index in [0.717, 1.165) is 12.3 Å². The molecule has 0 aromatic rings. The molecule has 0 aromatic carbocycles. The minimum absolute atomic E-state index is 0.722. The van der Waals surface area contributed by atoms with E-state index in [4.69, 9.17) is 0 Å². The van der Waals surface area contributed by atoms with Gasteiger partial charge in [-0.15, -0.1) is 4.72 Å². The van der Waals surface area contributed by atoms with E-state index < -0.39 is 11.4 Å². The van der Waals surface area contributed by atoms with Gasteiger partial charge >= 0.3 is 0 Å². The molecule has 0 spiro atoms. The van der Waals surface area contributed by atoms with E-state index in [1.54, 1.807) is 0 Å². The molecule has 0 amide bonds. The Balaban J connectivity index is 2.18. The maximum atomic E-state index is 10.2. The van der Waals surface area contributed by atoms with Gasteiger partial charge in [-0.3, -0.25) is 0 Å². The van der Waals surface area contributed by atoms with Gasteiger partial charge in [0, 0.05) is 24.3 Å². The summed E-state index contributed by atoms with van der Waals surface area (Å²) in [5.41, 5.74) is 0. The van der Waals surface area contributed by atoms with Crippen molar-refractivity contribution in [3.05, 3.63) is 6.42 Å². The normalized spacial score (nSPS) is 34.5. The Bertz CT molecular complexity index is 44.1. The molecule has 1 atom stereocenters. The molecule has 1 radical (unpaired) electrons. The van der Waals surface area contributed by atoms with Gasteiger partial charge in [-0.25, -0.2) is 0 Å². The second kappa shape index (κ2) is 1.82. The fourth-order valence-corrected chi connectivity index (χ4v) is 1.13. The molecule has 1 unspecified atom stereocenters. The highest BCUT2D eigenvalue weighted by atomic mass is 32.2. The van der Waals surface area contributed by atoms with Crippen molar-refractivity contribution in [1.29, 1.82) is 0 Å². The third-order valence-electron chi connectivity index (χ3n) is 0.658. The molecule has 1 aliphatic heterocycles. The molecule has 0 saturated carbocycles. The van der Waals surface area contributed by atoms with Crippen LogP contribution in [-0.4, -0.2) is 16.9 Å². The maximum absolute atomic E-state index is 10.2. The van der Waals surface area contributed by atoms with Gasteiger partial charge in [0.1, 0.15) is 5.75 Å². The smallest absolute Gasteiger partial charge is 0.130 e. The molecular weight excluding hydrogens is 98.1 g/mol. The summed E-state index contributed by atoms with van der Waals surface area (Å²) < 4.78 is 12.9. The van der Waals surface area contributed by atoms with Crippen LogP contribution in [0.3, 0.4) is 0 Å². The third-order valence-corrected chi connectivity index (χ3v) is 1.68. The van der Waals surface area contributed by atoms with E-state index in [1.165, 1.54) is 0 Å². The fraction of sp³-hybridized carbons (Fsp3) is 0.667. The average molecular weight is 104 g/mol. The quantitative estimate of drug-likeness (QED) is 0.419. The molecule has 0 aromatic heterocycles. The number of hydrogen-bond acceptors (Lipinski definition) is 2. The van der Waals surface area contributed by atoms with Crippen LogP contribution in [-0.2, 0) is 11.4 Å². The molecule has 1 N–H and O–H groups in total. The summed E-state index contributed by atoms with van der Waals surface area (Å²) in [7, 11) is 0. The second-order valence-electron chi connectivity index (χ2n) is 1.15. The van der Waals surface area contributed by atoms with E-state index >= 15 is 0 Å². The summed E-state index contributed by atoms with van der Waals surface area (Å²) in [5, 5.41) is 0. The van der Waals surface area contributed by atoms with Gasteiger partial charge in [-0.2, -0.15) is 0 Å². The maximum Gasteiger partial charge on any atom is 0.130 e. The molecule has 0 bridgehead atoms. The van der Waals surface area contributed by atoms with Gasteiger partial charge in [-0.05, 0) is 0 Å². The van der Waals surface area contributed by atoms with Gasteiger partial charge in [0.15, 0.2) is 0 Å². The predicted molar refractivity (Wildman–Crippen MR) is 25.3 cm³/mol. The van der Waals surface area contributed by atoms with Gasteiger partial charge in [0.05, 0.1) is 0 Å². The van der Waals surface area contributed by atoms with Gasteiger partial charge in [-0.1, -0.05) is 0 Å². The zero-order valence-corrected chi connectivity index (χ0v) is 4.12. The lowest BCUT2D eigenvalue weighted by atomic mass is 10.5. The monoisotopic (exact) mass is 104 g/mol. The van der Waals surface area contributed by atoms with Crippen molar-refractivity contribution in [3.63, 3.8) is 0 Å². The summed E-state index contributed by atoms with van der Waals surface area (Å²) in [6.07, 6.45) is 1.97. The lowest BCUT2D eigenvalue weighted by Crippen LogP contribution is -2.15. The van der Waals surface area contributed by atoms with Crippen LogP contribution in [0.2, 0.25) is 0 Å². The summed E-state index contributed by atoms with van der Waals surface area (Å²) >= 11 is -0.728. The highest BCUT2D eigenvalue weighted by Crippen LogP contribution is 1.94. The Morgan fingerprint density at radius 3 is 2.83 bits per heavy atom. The largest absolute Gasteiger partial charge is 0.598 e. The Morgan fingerprint density at radius 2 is 2.67 bits per heavy atom. The zero-order chi connectivity index (χ0) is 4.41. The van der Waals surface area contributed by atoms with Crippen molar-refractivity contribution in [2.24, 2.45) is 0 Å². The average Bonchev–Trinajstić information content (AvgIpc) is 1.86. The second-order valence-corrected chi connectivity index (χ2v) is 2.46. The van der Waals surface area contributed by atoms with Gasteiger partial charge in [0.2, 0.25) is 0 Å². The Morgan fingerprint density at radius 1 is 1.83 bits per heavy atom. The van der Waals surface area contributed by atoms with Crippen LogP contribution in [0.4, 0.5) is 0 Å². The topological polar surface area (TPSA) is 35.1 Å². The van der Waals surface area contributed by atoms with Gasteiger partial charge < -0.3 is 4.55 Å². The highest BCUT2D eigenvalue weighted by Gasteiger charge is 2.11. The molecule has 2 nitrogen and oxygen atoms in total. The molecule has 0 aliphatic carbocycles. The number of nitrogens with one attached hydrogen (secondary N) is 1. The first-order valence-electron chi connectivity index (χ1n) is 1.83. The first-order valence-corrected chi connectivity index (χ1v) is 3.15. The predicted octanol–water partition coefficient (Wildman–Crippen LogP) is -0.542. The number of hydrogen-bond donors (Lipinski definition) is 1. The molecule has 1 saturated heterocycles. The molecule has 1 fully saturated rings. The fourth-order valence-electron chi connectivity index (χ4n) is 0.377. The van der Waals surface area contributed by atoms with Crippen molar-refractivity contribution in [2.75, 3.05) is 12.3 Å². The summed E-state index contributed by atoms with van der Waals surface area (Å²) in [5.74, 6) is 0.722. The van der Waals surface area contributed by atoms with E-state index in [-0.39, 0.29) is 0 Å². The first-order chi connectivity index (χ1) is 2.89. The van der Waals surface area contributed by atoms with Crippen LogP contribution in [0.1, 0.15) is 0 Å². The van der Waals surface area contributed by atoms with Crippen LogP contribution in [0.25, 0.3) is 0 Å². The van der Waals surface area contributed by atoms with Crippen LogP contribution >= 0.6 is 0 Å². The van der Waals surface area contributed by atoms with E-state index in [0.29, 0.717) is 0 Å². The molecule has 3 heteroatoms. The summed E-state index contributed by atoms with van der Waals surface area (Å²) in [4.78, 5) is 0. The Hall–Kier alpha value is 0.270. The van der Waals surface area contributed by atoms with Crippen LogP contribution < -0.4 is 4.72 Å². The molecular formula is C3H6NOS. The minimum Gasteiger partial charge on any atom is -0.598 e. The van der Waals surface area contributed by atoms with Crippen LogP contribution in [0, 0.1) is 6.42 Å². The first kappa shape index (κ1) is 4.43. The third kappa shape index (κ3) is 0.864. The Kier molecular flexibility index (Phi) is 1.34. The van der Waals surface area contributed by atoms with Crippen molar-refractivity contribution < 1.29 is 4.55 Å². The lowest BCUT2D eigenvalue weighted by Gasteiger charge is -1.95. The van der Waals surface area contributed by atoms with E-state index in [9.17, 15) is 4.55 Å². The van der Waals surface area contributed by atoms with Crippen molar-refractivity contribution in [2.45, 2.75) is 0 Å². The van der Waals surface area contributed by atoms with Crippen LogP contribution in [0.15, 0.2) is 0 Å². The molecule has 6 heavy (non-hydrogen) atoms. The van der Waals surface area contributed by atoms with Crippen LogP contribution in [0.5, 0.6) is 0 Å². The zero-order valence-electron chi connectivity index (χ0n) is 3.31. The van der Waals surface area contributed by atoms with Crippen molar-refractivity contribution >= 4 is 11.4 Å². The van der Waals surface area contributed by atoms with E-state index in [1.807, 2.05) is 6.42 Å². The highest BCUT2D eigenvalue weighted by molar-refractivity contribution is 7.89. The summed E-state index contributed by atoms with van der Waals surface area (Å²) in [6, 6.07) is 0. The lowest BCUT2D eigenvalue weighted by molar-refractivity contribution is 0.593. The van der Waals surface area contributed by atoms with Gasteiger partial charge in [0.25, 0.3) is 0 Å². The van der Waals surface area contributed by atoms with Crippen molar-refractivity contribution in [3.8, 4) is 0 Å².